The lowest BCUT2D eigenvalue weighted by Gasteiger charge is -2.12. The van der Waals surface area contributed by atoms with Crippen molar-refractivity contribution in [1.82, 2.24) is 19.9 Å². The molecule has 0 fully saturated rings. The molecule has 214 valence electrons. The third-order valence-electron chi connectivity index (χ3n) is 8.78. The number of fused-ring (bicyclic) bond motifs is 6. The minimum atomic E-state index is 0.597. The van der Waals surface area contributed by atoms with Crippen molar-refractivity contribution in [3.05, 3.63) is 158 Å². The first kappa shape index (κ1) is 26.2. The zero-order valence-electron chi connectivity index (χ0n) is 24.8. The van der Waals surface area contributed by atoms with Crippen molar-refractivity contribution >= 4 is 43.1 Å². The van der Waals surface area contributed by atoms with Gasteiger partial charge in [-0.2, -0.15) is 0 Å². The van der Waals surface area contributed by atoms with Crippen LogP contribution in [0.4, 0.5) is 0 Å². The fraction of sp³-hybridized carbons (Fsp3) is 0. The quantitative estimate of drug-likeness (QED) is 0.193. The first-order chi connectivity index (χ1) is 22.8. The van der Waals surface area contributed by atoms with Gasteiger partial charge in [0.2, 0.25) is 0 Å². The normalized spacial score (nSPS) is 11.5. The number of hydrogen-bond acceptors (Lipinski definition) is 4. The van der Waals surface area contributed by atoms with Gasteiger partial charge < -0.3 is 0 Å². The molecule has 46 heavy (non-hydrogen) atoms. The van der Waals surface area contributed by atoms with Crippen LogP contribution in [-0.2, 0) is 0 Å². The van der Waals surface area contributed by atoms with Gasteiger partial charge in [-0.15, -0.1) is 0 Å². The van der Waals surface area contributed by atoms with Gasteiger partial charge in [-0.1, -0.05) is 140 Å². The summed E-state index contributed by atoms with van der Waals surface area (Å²) in [4.78, 5) is 19.8. The van der Waals surface area contributed by atoms with E-state index in [0.29, 0.717) is 17.5 Å². The molecule has 0 aliphatic carbocycles. The molecule has 0 radical (unpaired) electrons. The van der Waals surface area contributed by atoms with E-state index in [1.807, 2.05) is 42.7 Å². The van der Waals surface area contributed by atoms with Crippen LogP contribution in [-0.4, -0.2) is 19.9 Å². The Morgan fingerprint density at radius 1 is 0.326 bits per heavy atom. The molecule has 2 heterocycles. The summed E-state index contributed by atoms with van der Waals surface area (Å²) in [5, 5.41) is 9.37. The topological polar surface area (TPSA) is 51.6 Å². The highest BCUT2D eigenvalue weighted by molar-refractivity contribution is 6.21. The van der Waals surface area contributed by atoms with E-state index in [1.165, 1.54) is 37.9 Å². The first-order valence-corrected chi connectivity index (χ1v) is 15.4. The average molecular weight is 587 g/mol. The third kappa shape index (κ3) is 4.47. The summed E-state index contributed by atoms with van der Waals surface area (Å²) >= 11 is 0. The smallest absolute Gasteiger partial charge is 0.166 e. The van der Waals surface area contributed by atoms with Crippen molar-refractivity contribution in [1.29, 1.82) is 0 Å². The molecule has 9 rings (SSSR count). The molecule has 0 bridgehead atoms. The molecule has 0 saturated carbocycles. The minimum absolute atomic E-state index is 0.597. The molecule has 4 heteroatoms. The standard InChI is InChI=1S/C42H26N4/c1-2-10-31(11-3-1)40-44-41(32-19-14-28(15-20-32)34-21-16-27-8-4-5-12-33(27)24-34)46-42(45-40)38-26-43-25-37-36(38)23-22-30-18-17-29-9-6-7-13-35(29)39(30)37/h1-26H. The van der Waals surface area contributed by atoms with Crippen LogP contribution in [0.25, 0.3) is 88.4 Å². The van der Waals surface area contributed by atoms with E-state index in [0.717, 1.165) is 33.0 Å². The predicted molar refractivity (Wildman–Crippen MR) is 189 cm³/mol. The zero-order valence-corrected chi connectivity index (χ0v) is 24.8. The Kier molecular flexibility index (Phi) is 6.10. The molecule has 0 saturated heterocycles. The Morgan fingerprint density at radius 2 is 0.913 bits per heavy atom. The molecule has 4 nitrogen and oxygen atoms in total. The Bertz CT molecular complexity index is 2570. The van der Waals surface area contributed by atoms with Gasteiger partial charge in [-0.25, -0.2) is 15.0 Å². The van der Waals surface area contributed by atoms with Gasteiger partial charge in [0.25, 0.3) is 0 Å². The second-order valence-corrected chi connectivity index (χ2v) is 11.5. The number of pyridine rings is 1. The van der Waals surface area contributed by atoms with Crippen LogP contribution in [0.5, 0.6) is 0 Å². The largest absolute Gasteiger partial charge is 0.263 e. The van der Waals surface area contributed by atoms with Crippen LogP contribution in [0, 0.1) is 0 Å². The van der Waals surface area contributed by atoms with Gasteiger partial charge in [0.1, 0.15) is 0 Å². The van der Waals surface area contributed by atoms with Crippen LogP contribution in [0.15, 0.2) is 158 Å². The number of benzene rings is 7. The van der Waals surface area contributed by atoms with Gasteiger partial charge in [0, 0.05) is 34.5 Å². The van der Waals surface area contributed by atoms with Gasteiger partial charge in [-0.3, -0.25) is 4.98 Å². The fourth-order valence-corrected chi connectivity index (χ4v) is 6.45. The number of nitrogens with zero attached hydrogens (tertiary/aromatic N) is 4. The molecule has 9 aromatic rings. The Morgan fingerprint density at radius 3 is 1.74 bits per heavy atom. The van der Waals surface area contributed by atoms with Gasteiger partial charge in [-0.05, 0) is 54.9 Å². The van der Waals surface area contributed by atoms with Crippen LogP contribution in [0.3, 0.4) is 0 Å². The maximum atomic E-state index is 5.07. The summed E-state index contributed by atoms with van der Waals surface area (Å²) in [6.07, 6.45) is 3.83. The number of aromatic nitrogens is 4. The van der Waals surface area contributed by atoms with Crippen LogP contribution in [0.1, 0.15) is 0 Å². The van der Waals surface area contributed by atoms with E-state index < -0.39 is 0 Å². The van der Waals surface area contributed by atoms with E-state index in [9.17, 15) is 0 Å². The molecule has 7 aromatic carbocycles. The average Bonchev–Trinajstić information content (AvgIpc) is 3.14. The van der Waals surface area contributed by atoms with Crippen molar-refractivity contribution < 1.29 is 0 Å². The fourth-order valence-electron chi connectivity index (χ4n) is 6.45. The zero-order chi connectivity index (χ0) is 30.5. The second-order valence-electron chi connectivity index (χ2n) is 11.5. The molecule has 2 aromatic heterocycles. The number of hydrogen-bond donors (Lipinski definition) is 0. The van der Waals surface area contributed by atoms with E-state index >= 15 is 0 Å². The summed E-state index contributed by atoms with van der Waals surface area (Å²) in [6, 6.07) is 50.8. The van der Waals surface area contributed by atoms with E-state index in [-0.39, 0.29) is 0 Å². The summed E-state index contributed by atoms with van der Waals surface area (Å²) in [5.41, 5.74) is 5.05. The molecule has 0 N–H and O–H groups in total. The van der Waals surface area contributed by atoms with Crippen molar-refractivity contribution in [3.8, 4) is 45.3 Å². The SMILES string of the molecule is c1ccc(-c2nc(-c3ccc(-c4ccc5ccccc5c4)cc3)nc(-c3cncc4c3ccc3ccc5ccccc5c34)n2)cc1. The van der Waals surface area contributed by atoms with Crippen molar-refractivity contribution in [3.63, 3.8) is 0 Å². The third-order valence-corrected chi connectivity index (χ3v) is 8.78. The highest BCUT2D eigenvalue weighted by Gasteiger charge is 2.16. The molecular weight excluding hydrogens is 560 g/mol. The first-order valence-electron chi connectivity index (χ1n) is 15.4. The van der Waals surface area contributed by atoms with Crippen LogP contribution in [0.2, 0.25) is 0 Å². The summed E-state index contributed by atoms with van der Waals surface area (Å²) in [6.45, 7) is 0. The van der Waals surface area contributed by atoms with Crippen molar-refractivity contribution in [2.45, 2.75) is 0 Å². The van der Waals surface area contributed by atoms with Gasteiger partial charge in [0.05, 0.1) is 0 Å². The Hall–Kier alpha value is -6.26. The van der Waals surface area contributed by atoms with Crippen LogP contribution < -0.4 is 0 Å². The molecule has 0 unspecified atom stereocenters. The second kappa shape index (κ2) is 10.7. The lowest BCUT2D eigenvalue weighted by atomic mass is 9.96. The Balaban J connectivity index is 1.21. The lowest BCUT2D eigenvalue weighted by molar-refractivity contribution is 1.07. The molecule has 0 amide bonds. The summed E-state index contributed by atoms with van der Waals surface area (Å²) in [5.74, 6) is 1.85. The predicted octanol–water partition coefficient (Wildman–Crippen LogP) is 10.5. The molecule has 0 aliphatic heterocycles. The van der Waals surface area contributed by atoms with Crippen molar-refractivity contribution in [2.75, 3.05) is 0 Å². The van der Waals surface area contributed by atoms with Crippen molar-refractivity contribution in [2.24, 2.45) is 0 Å². The molecule has 0 atom stereocenters. The van der Waals surface area contributed by atoms with Gasteiger partial charge >= 0.3 is 0 Å². The maximum absolute atomic E-state index is 5.07. The monoisotopic (exact) mass is 586 g/mol. The van der Waals surface area contributed by atoms with E-state index in [4.69, 9.17) is 19.9 Å². The van der Waals surface area contributed by atoms with Crippen LogP contribution >= 0.6 is 0 Å². The highest BCUT2D eigenvalue weighted by Crippen LogP contribution is 2.36. The molecule has 0 spiro atoms. The highest BCUT2D eigenvalue weighted by atomic mass is 15.0. The molecule has 0 aliphatic rings. The molecular formula is C42H26N4. The van der Waals surface area contributed by atoms with Gasteiger partial charge in [0.15, 0.2) is 17.5 Å². The van der Waals surface area contributed by atoms with E-state index in [1.54, 1.807) is 0 Å². The lowest BCUT2D eigenvalue weighted by Crippen LogP contribution is -2.01. The Labute approximate surface area is 265 Å². The van der Waals surface area contributed by atoms with E-state index in [2.05, 4.69) is 115 Å². The maximum Gasteiger partial charge on any atom is 0.166 e. The summed E-state index contributed by atoms with van der Waals surface area (Å²) < 4.78 is 0. The number of rotatable bonds is 4. The summed E-state index contributed by atoms with van der Waals surface area (Å²) in [7, 11) is 0. The minimum Gasteiger partial charge on any atom is -0.263 e.